The summed E-state index contributed by atoms with van der Waals surface area (Å²) in [5, 5.41) is 3.15. The van der Waals surface area contributed by atoms with Crippen molar-refractivity contribution in [2.75, 3.05) is 13.2 Å². The average molecular weight is 406 g/mol. The fourth-order valence-electron chi connectivity index (χ4n) is 2.90. The molecule has 0 spiro atoms. The van der Waals surface area contributed by atoms with Gasteiger partial charge in [-0.15, -0.1) is 12.4 Å². The van der Waals surface area contributed by atoms with Crippen molar-refractivity contribution >= 4 is 34.2 Å². The second kappa shape index (κ2) is 10.2. The largest absolute Gasteiger partial charge is 0.494 e. The summed E-state index contributed by atoms with van der Waals surface area (Å²) in [7, 11) is 0. The van der Waals surface area contributed by atoms with E-state index in [1.54, 1.807) is 0 Å². The third kappa shape index (κ3) is 6.69. The molecule has 0 saturated heterocycles. The Kier molecular flexibility index (Phi) is 8.95. The van der Waals surface area contributed by atoms with Gasteiger partial charge in [0.2, 0.25) is 5.91 Å². The van der Waals surface area contributed by atoms with E-state index in [0.717, 1.165) is 35.9 Å². The van der Waals surface area contributed by atoms with Crippen LogP contribution in [-0.2, 0) is 4.79 Å². The highest BCUT2D eigenvalue weighted by Crippen LogP contribution is 2.28. The minimum absolute atomic E-state index is 0. The average Bonchev–Trinajstić information content (AvgIpc) is 2.98. The van der Waals surface area contributed by atoms with Crippen LogP contribution in [0.1, 0.15) is 44.9 Å². The maximum atomic E-state index is 12.0. The van der Waals surface area contributed by atoms with Crippen molar-refractivity contribution in [3.8, 4) is 5.75 Å². The molecule has 1 aromatic carbocycles. The number of benzene rings is 1. The van der Waals surface area contributed by atoms with Crippen LogP contribution >= 0.6 is 28.3 Å². The molecule has 0 aromatic heterocycles. The molecule has 2 rings (SSSR count). The molecule has 6 heteroatoms. The fraction of sp³-hybridized carbons (Fsp3) is 0.588. The zero-order chi connectivity index (χ0) is 15.8. The van der Waals surface area contributed by atoms with Gasteiger partial charge in [-0.05, 0) is 49.9 Å². The van der Waals surface area contributed by atoms with Crippen LogP contribution in [0.25, 0.3) is 0 Å². The maximum absolute atomic E-state index is 12.0. The van der Waals surface area contributed by atoms with E-state index in [-0.39, 0.29) is 23.9 Å². The SMILES string of the molecule is Cl.NCC1(NC(=O)CCCCOc2ccc(Br)cc2)CCCC1. The lowest BCUT2D eigenvalue weighted by molar-refractivity contribution is -0.123. The lowest BCUT2D eigenvalue weighted by Crippen LogP contribution is -2.51. The van der Waals surface area contributed by atoms with E-state index in [4.69, 9.17) is 10.5 Å². The lowest BCUT2D eigenvalue weighted by Gasteiger charge is -2.28. The Labute approximate surface area is 153 Å². The topological polar surface area (TPSA) is 64.3 Å². The van der Waals surface area contributed by atoms with Gasteiger partial charge in [0.05, 0.1) is 12.1 Å². The van der Waals surface area contributed by atoms with E-state index < -0.39 is 0 Å². The van der Waals surface area contributed by atoms with Crippen LogP contribution in [0.4, 0.5) is 0 Å². The predicted octanol–water partition coefficient (Wildman–Crippen LogP) is 3.81. The third-order valence-electron chi connectivity index (χ3n) is 4.24. The van der Waals surface area contributed by atoms with E-state index >= 15 is 0 Å². The van der Waals surface area contributed by atoms with Crippen molar-refractivity contribution in [3.63, 3.8) is 0 Å². The Morgan fingerprint density at radius 2 is 1.87 bits per heavy atom. The van der Waals surface area contributed by atoms with Gasteiger partial charge >= 0.3 is 0 Å². The fourth-order valence-corrected chi connectivity index (χ4v) is 3.16. The van der Waals surface area contributed by atoms with Crippen molar-refractivity contribution in [1.82, 2.24) is 5.32 Å². The number of nitrogens with two attached hydrogens (primary N) is 1. The molecule has 0 radical (unpaired) electrons. The van der Waals surface area contributed by atoms with Gasteiger partial charge in [0.25, 0.3) is 0 Å². The summed E-state index contributed by atoms with van der Waals surface area (Å²) >= 11 is 3.39. The molecular formula is C17H26BrClN2O2. The van der Waals surface area contributed by atoms with Crippen molar-refractivity contribution in [2.45, 2.75) is 50.5 Å². The molecule has 1 aromatic rings. The zero-order valence-corrected chi connectivity index (χ0v) is 15.8. The quantitative estimate of drug-likeness (QED) is 0.646. The molecule has 0 bridgehead atoms. The molecule has 0 unspecified atom stereocenters. The molecule has 3 N–H and O–H groups in total. The van der Waals surface area contributed by atoms with E-state index in [1.165, 1.54) is 12.8 Å². The smallest absolute Gasteiger partial charge is 0.220 e. The number of carbonyl (C=O) groups is 1. The summed E-state index contributed by atoms with van der Waals surface area (Å²) in [6.07, 6.45) is 6.62. The van der Waals surface area contributed by atoms with Crippen LogP contribution in [0.3, 0.4) is 0 Å². The third-order valence-corrected chi connectivity index (χ3v) is 4.77. The standard InChI is InChI=1S/C17H25BrN2O2.ClH/c18-14-6-8-15(9-7-14)22-12-4-1-5-16(21)20-17(13-19)10-2-3-11-17;/h6-9H,1-5,10-13,19H2,(H,20,21);1H. The molecule has 1 amide bonds. The minimum atomic E-state index is -0.134. The first-order valence-electron chi connectivity index (χ1n) is 8.03. The van der Waals surface area contributed by atoms with Gasteiger partial charge in [-0.3, -0.25) is 4.79 Å². The summed E-state index contributed by atoms with van der Waals surface area (Å²) in [4.78, 5) is 12.0. The van der Waals surface area contributed by atoms with Crippen LogP contribution in [-0.4, -0.2) is 24.6 Å². The summed E-state index contributed by atoms with van der Waals surface area (Å²) in [6, 6.07) is 7.77. The number of halogens is 2. The predicted molar refractivity (Wildman–Crippen MR) is 99.1 cm³/mol. The first kappa shape index (κ1) is 20.3. The van der Waals surface area contributed by atoms with Crippen molar-refractivity contribution in [1.29, 1.82) is 0 Å². The lowest BCUT2D eigenvalue weighted by atomic mass is 9.97. The van der Waals surface area contributed by atoms with Crippen LogP contribution in [0.5, 0.6) is 5.75 Å². The summed E-state index contributed by atoms with van der Waals surface area (Å²) in [5.41, 5.74) is 5.70. The number of ether oxygens (including phenoxy) is 1. The van der Waals surface area contributed by atoms with Gasteiger partial charge in [-0.1, -0.05) is 28.8 Å². The monoisotopic (exact) mass is 404 g/mol. The van der Waals surface area contributed by atoms with Crippen molar-refractivity contribution in [2.24, 2.45) is 5.73 Å². The molecule has 0 aliphatic heterocycles. The number of amides is 1. The first-order valence-corrected chi connectivity index (χ1v) is 8.82. The Hall–Kier alpha value is -0.780. The van der Waals surface area contributed by atoms with Gasteiger partial charge < -0.3 is 15.8 Å². The van der Waals surface area contributed by atoms with Gasteiger partial charge in [0.1, 0.15) is 5.75 Å². The van der Waals surface area contributed by atoms with Crippen LogP contribution in [0.15, 0.2) is 28.7 Å². The first-order chi connectivity index (χ1) is 10.6. The van der Waals surface area contributed by atoms with Gasteiger partial charge in [0, 0.05) is 17.4 Å². The highest BCUT2D eigenvalue weighted by atomic mass is 79.9. The highest BCUT2D eigenvalue weighted by molar-refractivity contribution is 9.10. The minimum Gasteiger partial charge on any atom is -0.494 e. The molecule has 23 heavy (non-hydrogen) atoms. The highest BCUT2D eigenvalue weighted by Gasteiger charge is 2.33. The molecule has 1 saturated carbocycles. The van der Waals surface area contributed by atoms with Gasteiger partial charge in [-0.25, -0.2) is 0 Å². The Morgan fingerprint density at radius 3 is 2.48 bits per heavy atom. The molecule has 1 fully saturated rings. The van der Waals surface area contributed by atoms with E-state index in [0.29, 0.717) is 19.6 Å². The number of rotatable bonds is 8. The second-order valence-corrected chi connectivity index (χ2v) is 6.91. The number of hydrogen-bond donors (Lipinski definition) is 2. The molecule has 0 atom stereocenters. The van der Waals surface area contributed by atoms with E-state index in [9.17, 15) is 4.79 Å². The zero-order valence-electron chi connectivity index (χ0n) is 13.4. The van der Waals surface area contributed by atoms with Crippen LogP contribution in [0, 0.1) is 0 Å². The summed E-state index contributed by atoms with van der Waals surface area (Å²) < 4.78 is 6.68. The number of carbonyl (C=O) groups excluding carboxylic acids is 1. The Morgan fingerprint density at radius 1 is 1.22 bits per heavy atom. The number of hydrogen-bond acceptors (Lipinski definition) is 3. The normalized spacial score (nSPS) is 15.7. The molecule has 130 valence electrons. The van der Waals surface area contributed by atoms with Gasteiger partial charge in [0.15, 0.2) is 0 Å². The van der Waals surface area contributed by atoms with Gasteiger partial charge in [-0.2, -0.15) is 0 Å². The van der Waals surface area contributed by atoms with Crippen molar-refractivity contribution in [3.05, 3.63) is 28.7 Å². The van der Waals surface area contributed by atoms with E-state index in [2.05, 4.69) is 21.2 Å². The molecule has 0 heterocycles. The van der Waals surface area contributed by atoms with Crippen LogP contribution < -0.4 is 15.8 Å². The summed E-state index contributed by atoms with van der Waals surface area (Å²) in [6.45, 7) is 1.18. The van der Waals surface area contributed by atoms with E-state index in [1.807, 2.05) is 24.3 Å². The Balaban J connectivity index is 0.00000264. The number of unbranched alkanes of at least 4 members (excludes halogenated alkanes) is 1. The maximum Gasteiger partial charge on any atom is 0.220 e. The molecule has 1 aliphatic carbocycles. The number of nitrogens with one attached hydrogen (secondary N) is 1. The van der Waals surface area contributed by atoms with Crippen molar-refractivity contribution < 1.29 is 9.53 Å². The summed E-state index contributed by atoms with van der Waals surface area (Å²) in [5.74, 6) is 0.983. The Bertz CT molecular complexity index is 476. The molecule has 1 aliphatic rings. The molecular weight excluding hydrogens is 380 g/mol. The molecule has 4 nitrogen and oxygen atoms in total. The van der Waals surface area contributed by atoms with Crippen LogP contribution in [0.2, 0.25) is 0 Å². The second-order valence-electron chi connectivity index (χ2n) is 6.00.